The molecular weight excluding hydrogens is 263 g/mol. The van der Waals surface area contributed by atoms with Crippen molar-refractivity contribution in [2.24, 2.45) is 5.92 Å². The SMILES string of the molecule is Cc1n[nH]cc1-c1cc(Cl)c(F)c(C(C)C(C)C)c1. The first-order chi connectivity index (χ1) is 8.91. The van der Waals surface area contributed by atoms with Crippen LogP contribution in [0.1, 0.15) is 37.9 Å². The van der Waals surface area contributed by atoms with E-state index in [4.69, 9.17) is 11.6 Å². The lowest BCUT2D eigenvalue weighted by Crippen LogP contribution is -2.05. The molecule has 102 valence electrons. The van der Waals surface area contributed by atoms with Gasteiger partial charge in [0, 0.05) is 11.8 Å². The van der Waals surface area contributed by atoms with Gasteiger partial charge in [0.05, 0.1) is 10.7 Å². The monoisotopic (exact) mass is 280 g/mol. The molecule has 4 heteroatoms. The molecule has 0 radical (unpaired) electrons. The zero-order chi connectivity index (χ0) is 14.2. The van der Waals surface area contributed by atoms with E-state index in [2.05, 4.69) is 24.0 Å². The molecule has 1 aromatic carbocycles. The van der Waals surface area contributed by atoms with E-state index in [0.29, 0.717) is 11.5 Å². The Hall–Kier alpha value is -1.35. The van der Waals surface area contributed by atoms with Gasteiger partial charge in [0.2, 0.25) is 0 Å². The molecule has 1 heterocycles. The molecule has 0 aliphatic heterocycles. The summed E-state index contributed by atoms with van der Waals surface area (Å²) in [5.41, 5.74) is 3.41. The molecule has 1 aromatic heterocycles. The van der Waals surface area contributed by atoms with E-state index in [1.807, 2.05) is 26.1 Å². The minimum Gasteiger partial charge on any atom is -0.285 e. The second-order valence-corrected chi connectivity index (χ2v) is 5.69. The van der Waals surface area contributed by atoms with Gasteiger partial charge in [0.1, 0.15) is 5.82 Å². The fourth-order valence-corrected chi connectivity index (χ4v) is 2.33. The predicted molar refractivity (Wildman–Crippen MR) is 77.0 cm³/mol. The highest BCUT2D eigenvalue weighted by Crippen LogP contribution is 2.34. The van der Waals surface area contributed by atoms with E-state index in [-0.39, 0.29) is 16.8 Å². The molecule has 2 aromatic rings. The number of nitrogens with zero attached hydrogens (tertiary/aromatic N) is 1. The van der Waals surface area contributed by atoms with Gasteiger partial charge in [-0.3, -0.25) is 5.10 Å². The van der Waals surface area contributed by atoms with Gasteiger partial charge in [0.15, 0.2) is 0 Å². The second kappa shape index (κ2) is 5.33. The number of hydrogen-bond donors (Lipinski definition) is 1. The first-order valence-corrected chi connectivity index (χ1v) is 6.79. The molecule has 0 aliphatic carbocycles. The Kier molecular flexibility index (Phi) is 3.95. The third kappa shape index (κ3) is 2.66. The van der Waals surface area contributed by atoms with Crippen molar-refractivity contribution < 1.29 is 4.39 Å². The van der Waals surface area contributed by atoms with E-state index in [9.17, 15) is 4.39 Å². The quantitative estimate of drug-likeness (QED) is 0.848. The maximum absolute atomic E-state index is 14.2. The standard InChI is InChI=1S/C15H18ClFN2/c1-8(2)9(3)12-5-11(6-14(16)15(12)17)13-7-18-19-10(13)4/h5-9H,1-4H3,(H,18,19). The number of halogens is 2. The fourth-order valence-electron chi connectivity index (χ4n) is 2.11. The van der Waals surface area contributed by atoms with Gasteiger partial charge in [-0.05, 0) is 42.0 Å². The summed E-state index contributed by atoms with van der Waals surface area (Å²) in [6, 6.07) is 3.54. The van der Waals surface area contributed by atoms with Crippen LogP contribution in [0.2, 0.25) is 5.02 Å². The highest BCUT2D eigenvalue weighted by atomic mass is 35.5. The van der Waals surface area contributed by atoms with Gasteiger partial charge in [-0.15, -0.1) is 0 Å². The maximum Gasteiger partial charge on any atom is 0.145 e. The number of benzene rings is 1. The van der Waals surface area contributed by atoms with Gasteiger partial charge in [0.25, 0.3) is 0 Å². The molecule has 1 N–H and O–H groups in total. The summed E-state index contributed by atoms with van der Waals surface area (Å²) in [4.78, 5) is 0. The van der Waals surface area contributed by atoms with Crippen LogP contribution in [-0.4, -0.2) is 10.2 Å². The number of aromatic amines is 1. The lowest BCUT2D eigenvalue weighted by Gasteiger charge is -2.18. The van der Waals surface area contributed by atoms with Gasteiger partial charge >= 0.3 is 0 Å². The molecule has 1 atom stereocenters. The van der Waals surface area contributed by atoms with Crippen LogP contribution in [0.4, 0.5) is 4.39 Å². The Morgan fingerprint density at radius 1 is 1.26 bits per heavy atom. The van der Waals surface area contributed by atoms with E-state index in [1.54, 1.807) is 6.07 Å². The molecule has 2 nitrogen and oxygen atoms in total. The lowest BCUT2D eigenvalue weighted by molar-refractivity contribution is 0.502. The topological polar surface area (TPSA) is 28.7 Å². The maximum atomic E-state index is 14.2. The van der Waals surface area contributed by atoms with Gasteiger partial charge in [-0.25, -0.2) is 4.39 Å². The van der Waals surface area contributed by atoms with Gasteiger partial charge in [-0.1, -0.05) is 32.4 Å². The normalized spacial score (nSPS) is 13.0. The average Bonchev–Trinajstić information content (AvgIpc) is 2.78. The molecule has 0 saturated heterocycles. The van der Waals surface area contributed by atoms with Gasteiger partial charge in [-0.2, -0.15) is 5.10 Å². The van der Waals surface area contributed by atoms with Crippen molar-refractivity contribution in [1.82, 2.24) is 10.2 Å². The molecule has 0 amide bonds. The van der Waals surface area contributed by atoms with Crippen LogP contribution in [-0.2, 0) is 0 Å². The third-order valence-electron chi connectivity index (χ3n) is 3.69. The first-order valence-electron chi connectivity index (χ1n) is 6.41. The predicted octanol–water partition coefficient (Wildman–Crippen LogP) is 4.94. The van der Waals surface area contributed by atoms with Crippen molar-refractivity contribution in [3.05, 3.63) is 40.4 Å². The van der Waals surface area contributed by atoms with Crippen molar-refractivity contribution in [3.8, 4) is 11.1 Å². The summed E-state index contributed by atoms with van der Waals surface area (Å²) < 4.78 is 14.2. The van der Waals surface area contributed by atoms with Crippen LogP contribution in [0.5, 0.6) is 0 Å². The Bertz CT molecular complexity index is 590. The minimum absolute atomic E-state index is 0.115. The van der Waals surface area contributed by atoms with Gasteiger partial charge < -0.3 is 0 Å². The zero-order valence-corrected chi connectivity index (χ0v) is 12.3. The first kappa shape index (κ1) is 14.1. The smallest absolute Gasteiger partial charge is 0.145 e. The van der Waals surface area contributed by atoms with E-state index >= 15 is 0 Å². The van der Waals surface area contributed by atoms with Crippen molar-refractivity contribution in [1.29, 1.82) is 0 Å². The Labute approximate surface area is 118 Å². The van der Waals surface area contributed by atoms with Crippen molar-refractivity contribution >= 4 is 11.6 Å². The van der Waals surface area contributed by atoms with Crippen LogP contribution in [0.3, 0.4) is 0 Å². The number of nitrogens with one attached hydrogen (secondary N) is 1. The summed E-state index contributed by atoms with van der Waals surface area (Å²) in [6.07, 6.45) is 1.81. The number of rotatable bonds is 3. The van der Waals surface area contributed by atoms with Crippen LogP contribution in [0.25, 0.3) is 11.1 Å². The zero-order valence-electron chi connectivity index (χ0n) is 11.6. The molecule has 19 heavy (non-hydrogen) atoms. The lowest BCUT2D eigenvalue weighted by atomic mass is 9.88. The van der Waals surface area contributed by atoms with Crippen LogP contribution in [0, 0.1) is 18.7 Å². The average molecular weight is 281 g/mol. The second-order valence-electron chi connectivity index (χ2n) is 5.28. The summed E-state index contributed by atoms with van der Waals surface area (Å²) in [5.74, 6) is 0.156. The number of H-pyrrole nitrogens is 1. The molecule has 0 saturated carbocycles. The summed E-state index contributed by atoms with van der Waals surface area (Å²) in [5, 5.41) is 7.08. The summed E-state index contributed by atoms with van der Waals surface area (Å²) in [7, 11) is 0. The Morgan fingerprint density at radius 3 is 2.47 bits per heavy atom. The summed E-state index contributed by atoms with van der Waals surface area (Å²) >= 11 is 6.03. The number of aromatic nitrogens is 2. The van der Waals surface area contributed by atoms with Crippen LogP contribution in [0.15, 0.2) is 18.3 Å². The van der Waals surface area contributed by atoms with Crippen LogP contribution < -0.4 is 0 Å². The Balaban J connectivity index is 2.57. The minimum atomic E-state index is -0.312. The highest BCUT2D eigenvalue weighted by molar-refractivity contribution is 6.31. The van der Waals surface area contributed by atoms with E-state index in [1.165, 1.54) is 0 Å². The summed E-state index contributed by atoms with van der Waals surface area (Å²) in [6.45, 7) is 8.08. The molecule has 0 spiro atoms. The Morgan fingerprint density at radius 2 is 1.95 bits per heavy atom. The van der Waals surface area contributed by atoms with Crippen molar-refractivity contribution in [3.63, 3.8) is 0 Å². The third-order valence-corrected chi connectivity index (χ3v) is 3.96. The molecule has 2 rings (SSSR count). The fraction of sp³-hybridized carbons (Fsp3) is 0.400. The van der Waals surface area contributed by atoms with Crippen molar-refractivity contribution in [2.75, 3.05) is 0 Å². The highest BCUT2D eigenvalue weighted by Gasteiger charge is 2.19. The molecule has 0 fully saturated rings. The molecule has 0 bridgehead atoms. The molecular formula is C15H18ClFN2. The largest absolute Gasteiger partial charge is 0.285 e. The number of hydrogen-bond acceptors (Lipinski definition) is 1. The van der Waals surface area contributed by atoms with E-state index in [0.717, 1.165) is 16.8 Å². The van der Waals surface area contributed by atoms with E-state index < -0.39 is 0 Å². The number of aryl methyl sites for hydroxylation is 1. The van der Waals surface area contributed by atoms with Crippen LogP contribution >= 0.6 is 11.6 Å². The molecule has 0 aliphatic rings. The molecule has 1 unspecified atom stereocenters. The van der Waals surface area contributed by atoms with Crippen molar-refractivity contribution in [2.45, 2.75) is 33.6 Å².